The maximum Gasteiger partial charge on any atom is 0.300 e. The number of nitrogens with zero attached hydrogens (tertiary/aromatic N) is 1. The number of hydrogen-bond acceptors (Lipinski definition) is 6. The average molecular weight is 530 g/mol. The number of rotatable bonds is 9. The van der Waals surface area contributed by atoms with E-state index in [1.807, 2.05) is 40.7 Å². The number of anilines is 1. The van der Waals surface area contributed by atoms with Crippen molar-refractivity contribution in [3.63, 3.8) is 0 Å². The fraction of sp³-hybridized carbons (Fsp3) is 0.312. The summed E-state index contributed by atoms with van der Waals surface area (Å²) in [5.41, 5.74) is 2.54. The number of methoxy groups -OCH3 is 1. The van der Waals surface area contributed by atoms with E-state index in [4.69, 9.17) is 14.2 Å². The van der Waals surface area contributed by atoms with Crippen molar-refractivity contribution in [3.8, 4) is 17.2 Å². The van der Waals surface area contributed by atoms with Gasteiger partial charge in [0.2, 0.25) is 0 Å². The molecule has 1 saturated heterocycles. The molecule has 204 valence electrons. The van der Waals surface area contributed by atoms with Crippen molar-refractivity contribution < 1.29 is 28.9 Å². The summed E-state index contributed by atoms with van der Waals surface area (Å²) in [6, 6.07) is 18.6. The summed E-state index contributed by atoms with van der Waals surface area (Å²) in [4.78, 5) is 28.4. The van der Waals surface area contributed by atoms with Gasteiger partial charge in [0.05, 0.1) is 31.4 Å². The number of Topliss-reactive ketones (excluding diaryl/α,β-unsaturated/α-hetero) is 1. The Labute approximate surface area is 229 Å². The summed E-state index contributed by atoms with van der Waals surface area (Å²) < 4.78 is 16.8. The average Bonchev–Trinajstić information content (AvgIpc) is 3.18. The highest BCUT2D eigenvalue weighted by molar-refractivity contribution is 6.51. The fourth-order valence-corrected chi connectivity index (χ4v) is 4.75. The van der Waals surface area contributed by atoms with E-state index in [0.717, 1.165) is 11.3 Å². The Balaban J connectivity index is 1.88. The fourth-order valence-electron chi connectivity index (χ4n) is 4.75. The van der Waals surface area contributed by atoms with Gasteiger partial charge in [-0.15, -0.1) is 0 Å². The Bertz CT molecular complexity index is 1370. The Morgan fingerprint density at radius 3 is 2.13 bits per heavy atom. The molecular weight excluding hydrogens is 494 g/mol. The van der Waals surface area contributed by atoms with Crippen molar-refractivity contribution in [2.45, 2.75) is 52.7 Å². The van der Waals surface area contributed by atoms with Crippen LogP contribution in [0.5, 0.6) is 17.2 Å². The van der Waals surface area contributed by atoms with E-state index in [9.17, 15) is 14.7 Å². The minimum absolute atomic E-state index is 0.00535. The monoisotopic (exact) mass is 529 g/mol. The molecule has 3 aromatic carbocycles. The van der Waals surface area contributed by atoms with Gasteiger partial charge in [-0.3, -0.25) is 14.5 Å². The third-order valence-electron chi connectivity index (χ3n) is 6.57. The molecule has 7 heteroatoms. The molecule has 0 bridgehead atoms. The smallest absolute Gasteiger partial charge is 0.300 e. The molecule has 4 rings (SSSR count). The summed E-state index contributed by atoms with van der Waals surface area (Å²) in [6.45, 7) is 10.4. The van der Waals surface area contributed by atoms with E-state index in [2.05, 4.69) is 0 Å². The number of benzene rings is 3. The zero-order valence-corrected chi connectivity index (χ0v) is 23.2. The molecule has 39 heavy (non-hydrogen) atoms. The van der Waals surface area contributed by atoms with Crippen LogP contribution in [0.2, 0.25) is 0 Å². The lowest BCUT2D eigenvalue weighted by atomic mass is 9.93. The third-order valence-corrected chi connectivity index (χ3v) is 6.57. The van der Waals surface area contributed by atoms with Crippen LogP contribution in [-0.2, 0) is 9.59 Å². The number of ketones is 1. The molecule has 1 aliphatic rings. The van der Waals surface area contributed by atoms with Gasteiger partial charge in [0.25, 0.3) is 11.7 Å². The van der Waals surface area contributed by atoms with Crippen molar-refractivity contribution in [3.05, 3.63) is 89.0 Å². The summed E-state index contributed by atoms with van der Waals surface area (Å²) in [5, 5.41) is 11.6. The first-order chi connectivity index (χ1) is 18.7. The zero-order chi connectivity index (χ0) is 28.3. The first-order valence-corrected chi connectivity index (χ1v) is 13.1. The van der Waals surface area contributed by atoms with Crippen molar-refractivity contribution in [2.24, 2.45) is 0 Å². The van der Waals surface area contributed by atoms with Gasteiger partial charge in [0.15, 0.2) is 0 Å². The van der Waals surface area contributed by atoms with Gasteiger partial charge in [-0.25, -0.2) is 0 Å². The number of amides is 1. The molecule has 1 aliphatic heterocycles. The van der Waals surface area contributed by atoms with Gasteiger partial charge in [-0.05, 0) is 92.4 Å². The molecule has 1 unspecified atom stereocenters. The predicted octanol–water partition coefficient (Wildman–Crippen LogP) is 6.63. The summed E-state index contributed by atoms with van der Waals surface area (Å²) in [7, 11) is 1.57. The number of hydrogen-bond donors (Lipinski definition) is 1. The van der Waals surface area contributed by atoms with E-state index in [0.29, 0.717) is 34.9 Å². The topological polar surface area (TPSA) is 85.3 Å². The van der Waals surface area contributed by atoms with Crippen LogP contribution in [0.1, 0.15) is 63.3 Å². The standard InChI is InChI=1S/C32H35NO6/c1-7-38-27-17-10-22(18-26(27)19(2)3)30(34)28-29(21-8-13-24(37-6)14-9-21)33(32(36)31(28)35)23-11-15-25(16-12-23)39-20(4)5/h8-20,29,34H,7H2,1-6H3/b30-28-. The molecule has 3 aromatic rings. The quantitative estimate of drug-likeness (QED) is 0.190. The van der Waals surface area contributed by atoms with E-state index in [1.165, 1.54) is 4.90 Å². The van der Waals surface area contributed by atoms with Gasteiger partial charge >= 0.3 is 0 Å². The van der Waals surface area contributed by atoms with Crippen LogP contribution in [0, 0.1) is 0 Å². The summed E-state index contributed by atoms with van der Waals surface area (Å²) in [5.74, 6) is 0.425. The molecule has 0 saturated carbocycles. The van der Waals surface area contributed by atoms with Crippen LogP contribution in [-0.4, -0.2) is 36.6 Å². The molecule has 0 spiro atoms. The Kier molecular flexibility index (Phi) is 8.29. The molecule has 0 aromatic heterocycles. The van der Waals surface area contributed by atoms with Gasteiger partial charge in [-0.2, -0.15) is 0 Å². The zero-order valence-electron chi connectivity index (χ0n) is 23.2. The second-order valence-electron chi connectivity index (χ2n) is 9.94. The maximum absolute atomic E-state index is 13.5. The summed E-state index contributed by atoms with van der Waals surface area (Å²) >= 11 is 0. The number of carbonyl (C=O) groups is 2. The van der Waals surface area contributed by atoms with Gasteiger partial charge in [0, 0.05) is 11.3 Å². The Morgan fingerprint density at radius 1 is 0.923 bits per heavy atom. The lowest BCUT2D eigenvalue weighted by molar-refractivity contribution is -0.132. The molecule has 0 radical (unpaired) electrons. The van der Waals surface area contributed by atoms with Crippen molar-refractivity contribution in [2.75, 3.05) is 18.6 Å². The van der Waals surface area contributed by atoms with Crippen molar-refractivity contribution in [1.82, 2.24) is 0 Å². The third kappa shape index (κ3) is 5.62. The van der Waals surface area contributed by atoms with E-state index in [1.54, 1.807) is 67.8 Å². The second-order valence-corrected chi connectivity index (χ2v) is 9.94. The van der Waals surface area contributed by atoms with Crippen LogP contribution in [0.3, 0.4) is 0 Å². The lowest BCUT2D eigenvalue weighted by Crippen LogP contribution is -2.29. The van der Waals surface area contributed by atoms with Crippen LogP contribution >= 0.6 is 0 Å². The minimum atomic E-state index is -0.846. The lowest BCUT2D eigenvalue weighted by Gasteiger charge is -2.26. The van der Waals surface area contributed by atoms with Crippen molar-refractivity contribution in [1.29, 1.82) is 0 Å². The van der Waals surface area contributed by atoms with Crippen LogP contribution < -0.4 is 19.1 Å². The number of aliphatic hydroxyl groups excluding tert-OH is 1. The molecule has 1 heterocycles. The second kappa shape index (κ2) is 11.6. The molecule has 1 amide bonds. The van der Waals surface area contributed by atoms with Crippen LogP contribution in [0.4, 0.5) is 5.69 Å². The normalized spacial score (nSPS) is 16.7. The number of ether oxygens (including phenoxy) is 3. The maximum atomic E-state index is 13.5. The van der Waals surface area contributed by atoms with Gasteiger partial charge < -0.3 is 19.3 Å². The van der Waals surface area contributed by atoms with E-state index < -0.39 is 17.7 Å². The first-order valence-electron chi connectivity index (χ1n) is 13.1. The first kappa shape index (κ1) is 27.8. The van der Waals surface area contributed by atoms with E-state index in [-0.39, 0.29) is 23.4 Å². The number of carbonyl (C=O) groups excluding carboxylic acids is 2. The molecule has 1 fully saturated rings. The molecule has 0 aliphatic carbocycles. The molecular formula is C32H35NO6. The number of aliphatic hydroxyl groups is 1. The highest BCUT2D eigenvalue weighted by Gasteiger charge is 2.47. The minimum Gasteiger partial charge on any atom is -0.507 e. The summed E-state index contributed by atoms with van der Waals surface area (Å²) in [6.07, 6.45) is -0.00535. The molecule has 1 N–H and O–H groups in total. The molecule has 7 nitrogen and oxygen atoms in total. The molecule has 1 atom stereocenters. The van der Waals surface area contributed by atoms with Crippen LogP contribution in [0.15, 0.2) is 72.3 Å². The Morgan fingerprint density at radius 2 is 1.56 bits per heavy atom. The van der Waals surface area contributed by atoms with Gasteiger partial charge in [-0.1, -0.05) is 26.0 Å². The highest BCUT2D eigenvalue weighted by Crippen LogP contribution is 2.43. The largest absolute Gasteiger partial charge is 0.507 e. The Hall–Kier alpha value is -4.26. The van der Waals surface area contributed by atoms with Gasteiger partial charge in [0.1, 0.15) is 23.0 Å². The SMILES string of the molecule is CCOc1ccc(/C(O)=C2/C(=O)C(=O)N(c3ccc(OC(C)C)cc3)C2c2ccc(OC)cc2)cc1C(C)C. The predicted molar refractivity (Wildman–Crippen MR) is 152 cm³/mol. The van der Waals surface area contributed by atoms with E-state index >= 15 is 0 Å². The van der Waals surface area contributed by atoms with Crippen LogP contribution in [0.25, 0.3) is 5.76 Å². The highest BCUT2D eigenvalue weighted by atomic mass is 16.5. The van der Waals surface area contributed by atoms with Crippen molar-refractivity contribution >= 4 is 23.1 Å².